The lowest BCUT2D eigenvalue weighted by molar-refractivity contribution is -0.153. The van der Waals surface area contributed by atoms with E-state index in [0.29, 0.717) is 12.8 Å². The first-order valence-electron chi connectivity index (χ1n) is 9.51. The Labute approximate surface area is 155 Å². The van der Waals surface area contributed by atoms with Crippen LogP contribution >= 0.6 is 0 Å². The van der Waals surface area contributed by atoms with E-state index >= 15 is 0 Å². The third-order valence-electron chi connectivity index (χ3n) is 5.23. The highest BCUT2D eigenvalue weighted by atomic mass is 16.6. The number of benzene rings is 1. The Kier molecular flexibility index (Phi) is 5.26. The van der Waals surface area contributed by atoms with Crippen LogP contribution in [-0.2, 0) is 14.3 Å². The number of nitrogens with zero attached hydrogens (tertiary/aromatic N) is 1. The molecule has 142 valence electrons. The van der Waals surface area contributed by atoms with Crippen LogP contribution in [0.1, 0.15) is 64.9 Å². The molecule has 0 saturated carbocycles. The maximum absolute atomic E-state index is 12.5. The maximum Gasteiger partial charge on any atom is 0.410 e. The lowest BCUT2D eigenvalue weighted by Crippen LogP contribution is -2.50. The zero-order valence-electron chi connectivity index (χ0n) is 16.1. The van der Waals surface area contributed by atoms with E-state index in [1.54, 1.807) is 0 Å². The summed E-state index contributed by atoms with van der Waals surface area (Å²) < 4.78 is 11.3. The predicted molar refractivity (Wildman–Crippen MR) is 98.9 cm³/mol. The molecule has 2 bridgehead atoms. The molecule has 2 heterocycles. The zero-order chi connectivity index (χ0) is 18.9. The van der Waals surface area contributed by atoms with E-state index in [2.05, 4.69) is 0 Å². The number of esters is 1. The fourth-order valence-corrected chi connectivity index (χ4v) is 3.98. The van der Waals surface area contributed by atoms with Gasteiger partial charge in [0.2, 0.25) is 0 Å². The van der Waals surface area contributed by atoms with Crippen molar-refractivity contribution in [3.05, 3.63) is 35.9 Å². The molecule has 2 fully saturated rings. The van der Waals surface area contributed by atoms with Crippen molar-refractivity contribution in [2.24, 2.45) is 0 Å². The van der Waals surface area contributed by atoms with E-state index in [9.17, 15) is 9.59 Å². The minimum atomic E-state index is -0.495. The highest BCUT2D eigenvalue weighted by molar-refractivity contribution is 5.78. The van der Waals surface area contributed by atoms with Crippen molar-refractivity contribution in [3.8, 4) is 0 Å². The third kappa shape index (κ3) is 4.19. The highest BCUT2D eigenvalue weighted by Gasteiger charge is 2.46. The molecular formula is C21H29NO4. The van der Waals surface area contributed by atoms with Crippen molar-refractivity contribution in [2.75, 3.05) is 0 Å². The normalized spacial score (nSPS) is 26.3. The average Bonchev–Trinajstić information content (AvgIpc) is 2.85. The monoisotopic (exact) mass is 359 g/mol. The molecular weight excluding hydrogens is 330 g/mol. The minimum absolute atomic E-state index is 0.105. The molecule has 5 nitrogen and oxygen atoms in total. The van der Waals surface area contributed by atoms with Gasteiger partial charge in [-0.2, -0.15) is 0 Å². The van der Waals surface area contributed by atoms with Crippen molar-refractivity contribution in [3.63, 3.8) is 0 Å². The molecule has 0 N–H and O–H groups in total. The Morgan fingerprint density at radius 3 is 2.19 bits per heavy atom. The largest absolute Gasteiger partial charge is 0.462 e. The van der Waals surface area contributed by atoms with Crippen molar-refractivity contribution in [1.82, 2.24) is 4.90 Å². The highest BCUT2D eigenvalue weighted by Crippen LogP contribution is 2.38. The summed E-state index contributed by atoms with van der Waals surface area (Å²) in [6.07, 6.45) is 2.93. The summed E-state index contributed by atoms with van der Waals surface area (Å²) in [6.45, 7) is 7.52. The van der Waals surface area contributed by atoms with Crippen LogP contribution < -0.4 is 0 Å². The molecule has 5 heteroatoms. The summed E-state index contributed by atoms with van der Waals surface area (Å²) in [6, 6.07) is 9.89. The summed E-state index contributed by atoms with van der Waals surface area (Å²) in [7, 11) is 0. The van der Waals surface area contributed by atoms with Crippen LogP contribution in [0.25, 0.3) is 0 Å². The summed E-state index contributed by atoms with van der Waals surface area (Å²) in [5, 5.41) is 0. The second kappa shape index (κ2) is 7.29. The lowest BCUT2D eigenvalue weighted by atomic mass is 9.98. The minimum Gasteiger partial charge on any atom is -0.462 e. The zero-order valence-corrected chi connectivity index (χ0v) is 16.1. The van der Waals surface area contributed by atoms with Crippen LogP contribution in [0.3, 0.4) is 0 Å². The van der Waals surface area contributed by atoms with E-state index in [4.69, 9.17) is 9.47 Å². The SMILES string of the molecule is CC(C(=O)OC1C[C@H]2CC[C@@H](C1)N2C(=O)OC(C)(C)C)c1ccccc1. The van der Waals surface area contributed by atoms with Gasteiger partial charge in [-0.15, -0.1) is 0 Å². The number of hydrogen-bond donors (Lipinski definition) is 0. The number of hydrogen-bond acceptors (Lipinski definition) is 4. The molecule has 4 atom stereocenters. The average molecular weight is 359 g/mol. The van der Waals surface area contributed by atoms with Crippen LogP contribution in [-0.4, -0.2) is 40.8 Å². The van der Waals surface area contributed by atoms with Crippen LogP contribution in [0.5, 0.6) is 0 Å². The molecule has 2 unspecified atom stereocenters. The number of carbonyl (C=O) groups is 2. The number of rotatable bonds is 3. The Morgan fingerprint density at radius 1 is 1.08 bits per heavy atom. The fourth-order valence-electron chi connectivity index (χ4n) is 3.98. The molecule has 0 aromatic heterocycles. The molecule has 3 rings (SSSR count). The van der Waals surface area contributed by atoms with Gasteiger partial charge in [0.15, 0.2) is 0 Å². The Hall–Kier alpha value is -2.04. The van der Waals surface area contributed by atoms with Gasteiger partial charge in [-0.25, -0.2) is 4.79 Å². The van der Waals surface area contributed by atoms with Gasteiger partial charge in [0.1, 0.15) is 11.7 Å². The van der Waals surface area contributed by atoms with Crippen molar-refractivity contribution >= 4 is 12.1 Å². The number of amides is 1. The molecule has 0 aliphatic carbocycles. The predicted octanol–water partition coefficient (Wildman–Crippen LogP) is 4.26. The first-order valence-corrected chi connectivity index (χ1v) is 9.51. The smallest absolute Gasteiger partial charge is 0.410 e. The molecule has 2 aliphatic heterocycles. The van der Waals surface area contributed by atoms with E-state index < -0.39 is 5.60 Å². The second-order valence-electron chi connectivity index (χ2n) is 8.44. The van der Waals surface area contributed by atoms with Crippen LogP contribution in [0.4, 0.5) is 4.79 Å². The summed E-state index contributed by atoms with van der Waals surface area (Å²) >= 11 is 0. The van der Waals surface area contributed by atoms with E-state index in [0.717, 1.165) is 18.4 Å². The van der Waals surface area contributed by atoms with Crippen LogP contribution in [0, 0.1) is 0 Å². The van der Waals surface area contributed by atoms with Gasteiger partial charge in [0.25, 0.3) is 0 Å². The Morgan fingerprint density at radius 2 is 1.65 bits per heavy atom. The van der Waals surface area contributed by atoms with Gasteiger partial charge in [-0.05, 0) is 46.1 Å². The van der Waals surface area contributed by atoms with Gasteiger partial charge >= 0.3 is 12.1 Å². The Balaban J connectivity index is 1.59. The molecule has 2 aliphatic rings. The lowest BCUT2D eigenvalue weighted by Gasteiger charge is -2.39. The second-order valence-corrected chi connectivity index (χ2v) is 8.44. The van der Waals surface area contributed by atoms with Gasteiger partial charge in [-0.1, -0.05) is 30.3 Å². The first-order chi connectivity index (χ1) is 12.2. The molecule has 1 amide bonds. The van der Waals surface area contributed by atoms with Gasteiger partial charge in [-0.3, -0.25) is 4.79 Å². The van der Waals surface area contributed by atoms with E-state index in [-0.39, 0.29) is 36.2 Å². The van der Waals surface area contributed by atoms with Crippen molar-refractivity contribution in [1.29, 1.82) is 0 Å². The summed E-state index contributed by atoms with van der Waals surface area (Å²) in [5.41, 5.74) is 0.469. The molecule has 0 radical (unpaired) electrons. The molecule has 2 saturated heterocycles. The first kappa shape index (κ1) is 18.7. The van der Waals surface area contributed by atoms with E-state index in [1.807, 2.05) is 62.9 Å². The third-order valence-corrected chi connectivity index (χ3v) is 5.23. The number of fused-ring (bicyclic) bond motifs is 2. The van der Waals surface area contributed by atoms with Crippen molar-refractivity contribution in [2.45, 2.75) is 83.1 Å². The van der Waals surface area contributed by atoms with Crippen LogP contribution in [0.2, 0.25) is 0 Å². The molecule has 1 aromatic carbocycles. The molecule has 1 aromatic rings. The van der Waals surface area contributed by atoms with Gasteiger partial charge in [0.05, 0.1) is 5.92 Å². The van der Waals surface area contributed by atoms with Gasteiger partial charge in [0, 0.05) is 24.9 Å². The van der Waals surface area contributed by atoms with Gasteiger partial charge < -0.3 is 14.4 Å². The quantitative estimate of drug-likeness (QED) is 0.757. The number of piperidine rings is 1. The maximum atomic E-state index is 12.5. The number of ether oxygens (including phenoxy) is 2. The Bertz CT molecular complexity index is 638. The summed E-state index contributed by atoms with van der Waals surface area (Å²) in [4.78, 5) is 26.9. The molecule has 26 heavy (non-hydrogen) atoms. The molecule has 0 spiro atoms. The fraction of sp³-hybridized carbons (Fsp3) is 0.619. The standard InChI is InChI=1S/C21H29NO4/c1-14(15-8-6-5-7-9-15)19(23)25-18-12-16-10-11-17(13-18)22(16)20(24)26-21(2,3)4/h5-9,14,16-18H,10-13H2,1-4H3/t14?,16-,17+,18?. The van der Waals surface area contributed by atoms with Crippen molar-refractivity contribution < 1.29 is 19.1 Å². The topological polar surface area (TPSA) is 55.8 Å². The van der Waals surface area contributed by atoms with Crippen LogP contribution in [0.15, 0.2) is 30.3 Å². The number of carbonyl (C=O) groups excluding carboxylic acids is 2. The van der Waals surface area contributed by atoms with E-state index in [1.165, 1.54) is 0 Å². The summed E-state index contributed by atoms with van der Waals surface area (Å²) in [5.74, 6) is -0.468.